The Morgan fingerprint density at radius 1 is 0.607 bits per heavy atom. The number of aromatic amines is 1. The summed E-state index contributed by atoms with van der Waals surface area (Å²) in [6.45, 7) is 2.71. The van der Waals surface area contributed by atoms with Crippen LogP contribution in [0.15, 0.2) is 65.8 Å². The molecule has 5 rings (SSSR count). The van der Waals surface area contributed by atoms with Crippen LogP contribution in [-0.4, -0.2) is 244 Å². The Morgan fingerprint density at radius 3 is 1.83 bits per heavy atom. The SMILES string of the molecule is CCCCCCCCCCCCCCCC(=O)NCC(=O)N[C@@H](CO)C(=O)N[C@H](CCC(N)=O)C(=O)N[C@@H](CC(N)CN)C(=O)N[C@H](C(=O)N[C@@H](CCCC)C(=O)N[C@H]1CCC(=O)NCCCC[C@@H](C(N)=O)NC(=O)[C@H](Cc2c[nH]c3ccccc23)NC(=O)[C@H](CCCN=C(N)N)NC(=O)[C@@H](Cc2ccccc2)NC(=O)[C@@H]2C[C@@H](O)CN2C1=O)C(C)O. The molecule has 2 aliphatic heterocycles. The van der Waals surface area contributed by atoms with Gasteiger partial charge in [0.05, 0.1) is 25.4 Å². The largest absolute Gasteiger partial charge is 0.394 e. The molecule has 2 unspecified atom stereocenters. The number of primary amides is 2. The predicted octanol–water partition coefficient (Wildman–Crippen LogP) is -2.52. The highest BCUT2D eigenvalue weighted by Crippen LogP contribution is 2.24. The maximum atomic E-state index is 15.3. The number of fused-ring (bicyclic) bond motifs is 2. The van der Waals surface area contributed by atoms with E-state index in [1.54, 1.807) is 55.6 Å². The number of aliphatic imine (C=N–C) groups is 1. The maximum absolute atomic E-state index is 15.3. The van der Waals surface area contributed by atoms with E-state index in [-0.39, 0.29) is 89.8 Å². The summed E-state index contributed by atoms with van der Waals surface area (Å²) in [5.74, 6) is -14.2. The van der Waals surface area contributed by atoms with E-state index < -0.39 is 232 Å². The molecule has 0 saturated carbocycles. The second-order valence-electron chi connectivity index (χ2n) is 31.6. The molecule has 0 radical (unpaired) electrons. The van der Waals surface area contributed by atoms with Crippen molar-refractivity contribution in [2.75, 3.05) is 39.3 Å². The highest BCUT2D eigenvalue weighted by atomic mass is 16.3. The molecule has 2 aliphatic rings. The molecule has 678 valence electrons. The van der Waals surface area contributed by atoms with Crippen molar-refractivity contribution in [3.63, 3.8) is 0 Å². The first-order valence-corrected chi connectivity index (χ1v) is 42.9. The van der Waals surface area contributed by atoms with Crippen molar-refractivity contribution in [3.8, 4) is 0 Å². The number of hydrogen-bond acceptors (Lipinski definition) is 21. The molecule has 2 aromatic carbocycles. The number of aliphatic hydroxyl groups is 3. The second-order valence-corrected chi connectivity index (χ2v) is 31.6. The second kappa shape index (κ2) is 55.2. The molecule has 3 heterocycles. The fourth-order valence-electron chi connectivity index (χ4n) is 14.4. The van der Waals surface area contributed by atoms with Crippen molar-refractivity contribution in [3.05, 3.63) is 71.9 Å². The van der Waals surface area contributed by atoms with Crippen LogP contribution in [-0.2, 0) is 84.8 Å². The standard InChI is InChI=1S/C83H133N21O18/c1-4-6-8-9-10-11-12-13-14-15-16-17-21-34-68(109)93-47-70(111)94-65(49-105)79(119)97-60(35-37-67(86)108)75(115)101-64(43-53(85)45-84)78(118)103-71(50(3)106)81(121)98-58(30-7-5-2)73(113)99-61-36-38-69(110)90-39-25-24-32-57(72(87)112)95-77(117)63(42-52-46-92-56-31-23-22-29-55(52)56)100-74(114)59(33-26-40-91-83(88)89)96-76(116)62(41-51-27-19-18-20-28-51)102-80(120)66-44-54(107)48-104(66)82(61)122/h18-20,22-23,27-29,31,46,50,53-54,57-66,71,92,105-107H,4-17,21,24-26,30,32-45,47-49,84-85H2,1-3H3,(H2,86,108)(H2,87,112)(H,90,110)(H,93,109)(H,94,111)(H,95,117)(H,96,116)(H,97,119)(H,98,121)(H,99,113)(H,100,114)(H,101,115)(H,102,120)(H,103,118)(H4,88,89,91)/t50?,53?,54-,57+,58+,59+,60-,61+,62-,63+,64+,65+,66+,71+/m1/s1. The lowest BCUT2D eigenvalue weighted by molar-refractivity contribution is -0.143. The Labute approximate surface area is 712 Å². The third kappa shape index (κ3) is 36.8. The predicted molar refractivity (Wildman–Crippen MR) is 454 cm³/mol. The van der Waals surface area contributed by atoms with Crippen molar-refractivity contribution in [2.45, 2.75) is 298 Å². The summed E-state index contributed by atoms with van der Waals surface area (Å²) in [7, 11) is 0. The number of nitrogens with one attached hydrogen (secondary N) is 13. The maximum Gasteiger partial charge on any atom is 0.245 e. The van der Waals surface area contributed by atoms with Gasteiger partial charge in [0.1, 0.15) is 66.5 Å². The molecule has 39 heteroatoms. The topological polar surface area (TPSA) is 649 Å². The van der Waals surface area contributed by atoms with Crippen molar-refractivity contribution in [2.24, 2.45) is 39.4 Å². The normalized spacial score (nSPS) is 20.2. The third-order valence-corrected chi connectivity index (χ3v) is 21.4. The number of amides is 15. The molecule has 1 aromatic heterocycles. The molecule has 14 atom stereocenters. The number of carbonyl (C=O) groups is 15. The van der Waals surface area contributed by atoms with Crippen LogP contribution in [0.2, 0.25) is 0 Å². The van der Waals surface area contributed by atoms with E-state index in [1.807, 2.05) is 12.1 Å². The van der Waals surface area contributed by atoms with Gasteiger partial charge in [-0.3, -0.25) is 76.9 Å². The molecule has 0 aliphatic carbocycles. The molecule has 0 spiro atoms. The van der Waals surface area contributed by atoms with Gasteiger partial charge in [0.2, 0.25) is 88.6 Å². The number of nitrogens with zero attached hydrogens (tertiary/aromatic N) is 2. The zero-order valence-corrected chi connectivity index (χ0v) is 70.6. The van der Waals surface area contributed by atoms with Crippen LogP contribution < -0.4 is 98.2 Å². The Kier molecular flexibility index (Phi) is 46.0. The number of para-hydroxylation sites is 1. The van der Waals surface area contributed by atoms with Gasteiger partial charge in [0.15, 0.2) is 5.96 Å². The quantitative estimate of drug-likeness (QED) is 0.0158. The fraction of sp³-hybridized carbons (Fsp3) is 0.639. The van der Waals surface area contributed by atoms with E-state index in [2.05, 4.69) is 80.7 Å². The first-order chi connectivity index (χ1) is 58.4. The number of carbonyl (C=O) groups excluding carboxylic acids is 15. The van der Waals surface area contributed by atoms with Gasteiger partial charge in [-0.2, -0.15) is 0 Å². The van der Waals surface area contributed by atoms with E-state index in [0.29, 0.717) is 24.0 Å². The van der Waals surface area contributed by atoms with E-state index in [1.165, 1.54) is 51.4 Å². The highest BCUT2D eigenvalue weighted by molar-refractivity contribution is 6.00. The molecule has 3 aromatic rings. The van der Waals surface area contributed by atoms with Gasteiger partial charge in [0.25, 0.3) is 0 Å². The smallest absolute Gasteiger partial charge is 0.245 e. The van der Waals surface area contributed by atoms with Crippen molar-refractivity contribution < 1.29 is 87.2 Å². The van der Waals surface area contributed by atoms with Gasteiger partial charge >= 0.3 is 0 Å². The van der Waals surface area contributed by atoms with E-state index >= 15 is 4.79 Å². The van der Waals surface area contributed by atoms with Gasteiger partial charge in [-0.05, 0) is 88.3 Å². The summed E-state index contributed by atoms with van der Waals surface area (Å²) < 4.78 is 0. The number of nitrogens with two attached hydrogens (primary N) is 6. The lowest BCUT2D eigenvalue weighted by Crippen LogP contribution is -2.62. The molecule has 39 nitrogen and oxygen atoms in total. The number of guanidine groups is 1. The van der Waals surface area contributed by atoms with Crippen LogP contribution >= 0.6 is 0 Å². The average Bonchev–Trinajstić information content (AvgIpc) is 1.59. The van der Waals surface area contributed by atoms with Crippen LogP contribution in [0.3, 0.4) is 0 Å². The van der Waals surface area contributed by atoms with Crippen molar-refractivity contribution in [1.29, 1.82) is 0 Å². The minimum Gasteiger partial charge on any atom is -0.394 e. The number of aliphatic hydroxyl groups excluding tert-OH is 3. The summed E-state index contributed by atoms with van der Waals surface area (Å²) >= 11 is 0. The zero-order chi connectivity index (χ0) is 89.6. The highest BCUT2D eigenvalue weighted by Gasteiger charge is 2.44. The fourth-order valence-corrected chi connectivity index (χ4v) is 14.4. The Hall–Kier alpha value is -10.9. The molecule has 2 fully saturated rings. The van der Waals surface area contributed by atoms with Crippen molar-refractivity contribution >= 4 is 105 Å². The summed E-state index contributed by atoms with van der Waals surface area (Å²) in [6.07, 6.45) is 10.8. The van der Waals surface area contributed by atoms with Gasteiger partial charge < -0.3 is 123 Å². The van der Waals surface area contributed by atoms with Crippen molar-refractivity contribution in [1.82, 2.24) is 73.7 Å². The lowest BCUT2D eigenvalue weighted by atomic mass is 10.0. The van der Waals surface area contributed by atoms with Gasteiger partial charge in [-0.25, -0.2) is 0 Å². The van der Waals surface area contributed by atoms with Crippen LogP contribution in [0.5, 0.6) is 0 Å². The van der Waals surface area contributed by atoms with Gasteiger partial charge in [0, 0.05) is 87.8 Å². The van der Waals surface area contributed by atoms with Gasteiger partial charge in [-0.15, -0.1) is 0 Å². The zero-order valence-electron chi connectivity index (χ0n) is 70.6. The third-order valence-electron chi connectivity index (χ3n) is 21.4. The molecule has 0 bridgehead atoms. The van der Waals surface area contributed by atoms with E-state index in [4.69, 9.17) is 34.4 Å². The molecular formula is C83H133N21O18. The summed E-state index contributed by atoms with van der Waals surface area (Å²) in [5, 5.41) is 64.3. The monoisotopic (exact) mass is 1710 g/mol. The minimum atomic E-state index is -1.94. The first-order valence-electron chi connectivity index (χ1n) is 42.9. The summed E-state index contributed by atoms with van der Waals surface area (Å²) in [5.41, 5.74) is 36.5. The Balaban J connectivity index is 1.37. The molecular weight excluding hydrogens is 1580 g/mol. The Bertz CT molecular complexity index is 3920. The average molecular weight is 1710 g/mol. The molecule has 28 N–H and O–H groups in total. The number of H-pyrrole nitrogens is 1. The lowest BCUT2D eigenvalue weighted by Gasteiger charge is -2.31. The van der Waals surface area contributed by atoms with E-state index in [0.717, 1.165) is 48.4 Å². The van der Waals surface area contributed by atoms with Crippen LogP contribution in [0.4, 0.5) is 0 Å². The van der Waals surface area contributed by atoms with E-state index in [9.17, 15) is 82.4 Å². The molecule has 122 heavy (non-hydrogen) atoms. The Morgan fingerprint density at radius 2 is 1.19 bits per heavy atom. The summed E-state index contributed by atoms with van der Waals surface area (Å²) in [6, 6.07) is -3.09. The summed E-state index contributed by atoms with van der Waals surface area (Å²) in [4.78, 5) is 219. The van der Waals surface area contributed by atoms with Crippen LogP contribution in [0, 0.1) is 0 Å². The van der Waals surface area contributed by atoms with Crippen LogP contribution in [0.25, 0.3) is 10.9 Å². The van der Waals surface area contributed by atoms with Crippen LogP contribution in [0.1, 0.15) is 212 Å². The number of rotatable bonds is 47. The number of aromatic nitrogens is 1. The molecule has 2 saturated heterocycles. The number of unbranched alkanes of at least 4 members (excludes halogenated alkanes) is 13. The minimum absolute atomic E-state index is 0.0107. The first kappa shape index (κ1) is 102. The van der Waals surface area contributed by atoms with Gasteiger partial charge in [-0.1, -0.05) is 152 Å². The molecule has 15 amide bonds. The number of benzene rings is 2. The number of hydrogen-bond donors (Lipinski definition) is 22.